The highest BCUT2D eigenvalue weighted by Gasteiger charge is 2.17. The first-order valence-corrected chi connectivity index (χ1v) is 8.02. The van der Waals surface area contributed by atoms with Crippen molar-refractivity contribution in [1.29, 1.82) is 0 Å². The number of benzene rings is 1. The zero-order valence-electron chi connectivity index (χ0n) is 11.9. The molecule has 0 spiro atoms. The van der Waals surface area contributed by atoms with Crippen LogP contribution in [0.15, 0.2) is 24.3 Å². The van der Waals surface area contributed by atoms with E-state index in [1.807, 2.05) is 24.3 Å². The van der Waals surface area contributed by atoms with Crippen LogP contribution in [-0.2, 0) is 13.0 Å². The van der Waals surface area contributed by atoms with E-state index in [0.29, 0.717) is 10.9 Å². The second kappa shape index (κ2) is 5.75. The Morgan fingerprint density at radius 1 is 1.29 bits per heavy atom. The van der Waals surface area contributed by atoms with Crippen molar-refractivity contribution in [2.24, 2.45) is 5.92 Å². The smallest absolute Gasteiger partial charge is 0.213 e. The number of rotatable bonds is 4. The largest absolute Gasteiger partial charge is 0.390 e. The second-order valence-corrected chi connectivity index (χ2v) is 6.84. The summed E-state index contributed by atoms with van der Waals surface area (Å²) in [7, 11) is 0. The summed E-state index contributed by atoms with van der Waals surface area (Å²) in [6.45, 7) is 4.23. The van der Waals surface area contributed by atoms with Gasteiger partial charge in [0.25, 0.3) is 0 Å². The van der Waals surface area contributed by atoms with Crippen molar-refractivity contribution in [3.8, 4) is 11.3 Å². The standard InChI is InChI=1S/C15H16ClN3OS/c1-9(2)7-13-18-19-12(8-20)14(17-15(19)21-13)10-3-5-11(16)6-4-10/h3-6,9,20H,7-8H2,1-2H3. The summed E-state index contributed by atoms with van der Waals surface area (Å²) in [5, 5.41) is 16.0. The van der Waals surface area contributed by atoms with Crippen LogP contribution in [-0.4, -0.2) is 19.7 Å². The van der Waals surface area contributed by atoms with Crippen LogP contribution < -0.4 is 0 Å². The molecule has 3 aromatic rings. The first kappa shape index (κ1) is 14.5. The Morgan fingerprint density at radius 3 is 2.62 bits per heavy atom. The van der Waals surface area contributed by atoms with Gasteiger partial charge in [-0.25, -0.2) is 9.50 Å². The fourth-order valence-electron chi connectivity index (χ4n) is 2.24. The zero-order chi connectivity index (χ0) is 15.0. The van der Waals surface area contributed by atoms with E-state index < -0.39 is 0 Å². The topological polar surface area (TPSA) is 50.4 Å². The number of halogens is 1. The van der Waals surface area contributed by atoms with Gasteiger partial charge in [-0.2, -0.15) is 5.10 Å². The van der Waals surface area contributed by atoms with Gasteiger partial charge in [0.05, 0.1) is 18.0 Å². The van der Waals surface area contributed by atoms with E-state index in [1.54, 1.807) is 15.9 Å². The molecule has 3 rings (SSSR count). The van der Waals surface area contributed by atoms with Crippen LogP contribution in [0.2, 0.25) is 5.02 Å². The van der Waals surface area contributed by atoms with Crippen molar-refractivity contribution in [3.63, 3.8) is 0 Å². The lowest BCUT2D eigenvalue weighted by Gasteiger charge is -2.02. The second-order valence-electron chi connectivity index (χ2n) is 5.36. The third kappa shape index (κ3) is 2.81. The maximum atomic E-state index is 9.69. The normalized spacial score (nSPS) is 11.7. The van der Waals surface area contributed by atoms with Crippen LogP contribution >= 0.6 is 22.9 Å². The van der Waals surface area contributed by atoms with E-state index in [9.17, 15) is 5.11 Å². The van der Waals surface area contributed by atoms with Crippen molar-refractivity contribution < 1.29 is 5.11 Å². The minimum atomic E-state index is -0.0933. The summed E-state index contributed by atoms with van der Waals surface area (Å²) in [6.07, 6.45) is 0.926. The SMILES string of the molecule is CC(C)Cc1nn2c(CO)c(-c3ccc(Cl)cc3)nc2s1. The fourth-order valence-corrected chi connectivity index (χ4v) is 3.49. The van der Waals surface area contributed by atoms with Crippen LogP contribution in [0, 0.1) is 5.92 Å². The minimum absolute atomic E-state index is 0.0933. The summed E-state index contributed by atoms with van der Waals surface area (Å²) in [6, 6.07) is 7.46. The minimum Gasteiger partial charge on any atom is -0.390 e. The van der Waals surface area contributed by atoms with Crippen molar-refractivity contribution in [2.75, 3.05) is 0 Å². The third-order valence-electron chi connectivity index (χ3n) is 3.19. The highest BCUT2D eigenvalue weighted by molar-refractivity contribution is 7.16. The summed E-state index contributed by atoms with van der Waals surface area (Å²) < 4.78 is 1.76. The molecule has 0 aliphatic carbocycles. The van der Waals surface area contributed by atoms with E-state index in [2.05, 4.69) is 23.9 Å². The number of aliphatic hydroxyl groups is 1. The van der Waals surface area contributed by atoms with Gasteiger partial charge in [-0.15, -0.1) is 0 Å². The first-order chi connectivity index (χ1) is 10.1. The van der Waals surface area contributed by atoms with E-state index in [1.165, 1.54) is 0 Å². The zero-order valence-corrected chi connectivity index (χ0v) is 13.4. The van der Waals surface area contributed by atoms with E-state index >= 15 is 0 Å². The summed E-state index contributed by atoms with van der Waals surface area (Å²) in [4.78, 5) is 5.45. The van der Waals surface area contributed by atoms with Crippen molar-refractivity contribution in [3.05, 3.63) is 40.0 Å². The molecular weight excluding hydrogens is 306 g/mol. The molecule has 21 heavy (non-hydrogen) atoms. The van der Waals surface area contributed by atoms with Crippen LogP contribution in [0.25, 0.3) is 16.2 Å². The van der Waals surface area contributed by atoms with Crippen molar-refractivity contribution in [2.45, 2.75) is 26.9 Å². The van der Waals surface area contributed by atoms with Gasteiger partial charge in [0.1, 0.15) is 5.01 Å². The quantitative estimate of drug-likeness (QED) is 0.795. The maximum Gasteiger partial charge on any atom is 0.213 e. The predicted molar refractivity (Wildman–Crippen MR) is 85.8 cm³/mol. The van der Waals surface area contributed by atoms with Crippen molar-refractivity contribution >= 4 is 27.9 Å². The number of nitrogens with zero attached hydrogens (tertiary/aromatic N) is 3. The molecule has 0 radical (unpaired) electrons. The molecule has 0 aliphatic heterocycles. The monoisotopic (exact) mass is 321 g/mol. The van der Waals surface area contributed by atoms with Gasteiger partial charge in [-0.3, -0.25) is 0 Å². The number of aliphatic hydroxyl groups excluding tert-OH is 1. The molecule has 4 nitrogen and oxygen atoms in total. The lowest BCUT2D eigenvalue weighted by atomic mass is 10.1. The Kier molecular flexibility index (Phi) is 3.97. The molecule has 0 amide bonds. The lowest BCUT2D eigenvalue weighted by Crippen LogP contribution is -1.98. The van der Waals surface area contributed by atoms with Gasteiger partial charge in [0.15, 0.2) is 0 Å². The average Bonchev–Trinajstić information content (AvgIpc) is 2.95. The molecule has 0 unspecified atom stereocenters. The average molecular weight is 322 g/mol. The summed E-state index contributed by atoms with van der Waals surface area (Å²) in [5.41, 5.74) is 2.43. The maximum absolute atomic E-state index is 9.69. The van der Waals surface area contributed by atoms with Crippen LogP contribution in [0.5, 0.6) is 0 Å². The van der Waals surface area contributed by atoms with Crippen LogP contribution in [0.3, 0.4) is 0 Å². The number of fused-ring (bicyclic) bond motifs is 1. The molecule has 0 bridgehead atoms. The molecule has 2 heterocycles. The van der Waals surface area contributed by atoms with E-state index in [4.69, 9.17) is 11.6 Å². The number of imidazole rings is 1. The van der Waals surface area contributed by atoms with Gasteiger partial charge in [0, 0.05) is 17.0 Å². The van der Waals surface area contributed by atoms with E-state index in [0.717, 1.165) is 33.3 Å². The molecule has 0 fully saturated rings. The third-order valence-corrected chi connectivity index (χ3v) is 4.37. The molecule has 2 aromatic heterocycles. The molecule has 0 aliphatic rings. The molecule has 1 aromatic carbocycles. The summed E-state index contributed by atoms with van der Waals surface area (Å²) >= 11 is 7.49. The molecule has 0 saturated heterocycles. The molecule has 6 heteroatoms. The van der Waals surface area contributed by atoms with E-state index in [-0.39, 0.29) is 6.61 Å². The summed E-state index contributed by atoms with van der Waals surface area (Å²) in [5.74, 6) is 0.550. The van der Waals surface area contributed by atoms with Crippen LogP contribution in [0.4, 0.5) is 0 Å². The molecular formula is C15H16ClN3OS. The lowest BCUT2D eigenvalue weighted by molar-refractivity contribution is 0.275. The number of hydrogen-bond acceptors (Lipinski definition) is 4. The van der Waals surface area contributed by atoms with Crippen molar-refractivity contribution in [1.82, 2.24) is 14.6 Å². The molecule has 1 N–H and O–H groups in total. The Morgan fingerprint density at radius 2 is 2.00 bits per heavy atom. The first-order valence-electron chi connectivity index (χ1n) is 6.82. The van der Waals surface area contributed by atoms with Gasteiger partial charge < -0.3 is 5.11 Å². The predicted octanol–water partition coefficient (Wildman–Crippen LogP) is 3.80. The fraction of sp³-hybridized carbons (Fsp3) is 0.333. The van der Waals surface area contributed by atoms with Gasteiger partial charge in [-0.1, -0.05) is 48.9 Å². The Hall–Kier alpha value is -1.43. The Labute approximate surface area is 132 Å². The van der Waals surface area contributed by atoms with Gasteiger partial charge in [-0.05, 0) is 18.1 Å². The Bertz CT molecular complexity index is 761. The molecule has 0 atom stereocenters. The Balaban J connectivity index is 2.07. The highest BCUT2D eigenvalue weighted by Crippen LogP contribution is 2.28. The van der Waals surface area contributed by atoms with Crippen LogP contribution in [0.1, 0.15) is 24.5 Å². The molecule has 110 valence electrons. The van der Waals surface area contributed by atoms with Gasteiger partial charge >= 0.3 is 0 Å². The van der Waals surface area contributed by atoms with Gasteiger partial charge in [0.2, 0.25) is 4.96 Å². The number of aromatic nitrogens is 3. The molecule has 0 saturated carbocycles. The number of hydrogen-bond donors (Lipinski definition) is 1. The highest BCUT2D eigenvalue weighted by atomic mass is 35.5.